The Hall–Kier alpha value is -1.51. The van der Waals surface area contributed by atoms with Crippen LogP contribution in [0.4, 0.5) is 4.79 Å². The highest BCUT2D eigenvalue weighted by molar-refractivity contribution is 5.67. The minimum absolute atomic E-state index is 0.507. The Balaban J connectivity index is 2.28. The fraction of sp³-hybridized carbons (Fsp3) is 0.500. The van der Waals surface area contributed by atoms with Gasteiger partial charge in [-0.05, 0) is 30.5 Å². The van der Waals surface area contributed by atoms with Gasteiger partial charge in [0, 0.05) is 0 Å². The highest BCUT2D eigenvalue weighted by atomic mass is 16.5. The Morgan fingerprint density at radius 2 is 1.76 bits per heavy atom. The number of carbonyl (C=O) groups is 1. The molecule has 0 saturated carbocycles. The molecule has 0 saturated heterocycles. The molecular weight excluding hydrogens is 214 g/mol. The molecule has 0 aliphatic carbocycles. The summed E-state index contributed by atoms with van der Waals surface area (Å²) in [6.07, 6.45) is 6.74. The van der Waals surface area contributed by atoms with Gasteiger partial charge in [-0.3, -0.25) is 0 Å². The molecule has 1 rings (SSSR count). The monoisotopic (exact) mass is 235 g/mol. The van der Waals surface area contributed by atoms with E-state index >= 15 is 0 Å². The molecule has 3 heteroatoms. The van der Waals surface area contributed by atoms with Crippen molar-refractivity contribution in [3.05, 3.63) is 29.8 Å². The lowest BCUT2D eigenvalue weighted by atomic mass is 10.1. The molecule has 0 bridgehead atoms. The van der Waals surface area contributed by atoms with Crippen LogP contribution in [-0.2, 0) is 6.42 Å². The second kappa shape index (κ2) is 7.71. The van der Waals surface area contributed by atoms with Gasteiger partial charge >= 0.3 is 6.09 Å². The van der Waals surface area contributed by atoms with Crippen LogP contribution >= 0.6 is 0 Å². The summed E-state index contributed by atoms with van der Waals surface area (Å²) in [6.45, 7) is 2.22. The van der Waals surface area contributed by atoms with Crippen LogP contribution in [-0.4, -0.2) is 6.09 Å². The molecule has 0 aliphatic heterocycles. The highest BCUT2D eigenvalue weighted by Gasteiger charge is 1.99. The smallest absolute Gasteiger partial charge is 0.409 e. The molecule has 0 atom stereocenters. The Bertz CT molecular complexity index is 333. The van der Waals surface area contributed by atoms with Crippen molar-refractivity contribution in [3.63, 3.8) is 0 Å². The van der Waals surface area contributed by atoms with E-state index in [1.54, 1.807) is 12.1 Å². The lowest BCUT2D eigenvalue weighted by molar-refractivity contribution is 0.211. The number of ether oxygens (including phenoxy) is 1. The number of nitrogens with two attached hydrogens (primary N) is 1. The quantitative estimate of drug-likeness (QED) is 0.733. The van der Waals surface area contributed by atoms with E-state index in [9.17, 15) is 4.79 Å². The number of amides is 1. The number of hydrogen-bond donors (Lipinski definition) is 1. The average Bonchev–Trinajstić information content (AvgIpc) is 2.30. The molecule has 0 spiro atoms. The summed E-state index contributed by atoms with van der Waals surface area (Å²) in [5.41, 5.74) is 6.20. The van der Waals surface area contributed by atoms with Crippen molar-refractivity contribution < 1.29 is 9.53 Å². The first kappa shape index (κ1) is 13.6. The van der Waals surface area contributed by atoms with Crippen molar-refractivity contribution in [2.24, 2.45) is 5.73 Å². The molecule has 0 unspecified atom stereocenters. The zero-order valence-electron chi connectivity index (χ0n) is 10.4. The van der Waals surface area contributed by atoms with Crippen LogP contribution < -0.4 is 10.5 Å². The van der Waals surface area contributed by atoms with Crippen LogP contribution in [0.3, 0.4) is 0 Å². The van der Waals surface area contributed by atoms with Crippen molar-refractivity contribution in [2.45, 2.75) is 45.4 Å². The standard InChI is InChI=1S/C14H21NO2/c1-2-3-4-5-6-7-12-8-10-13(11-9-12)17-14(15)16/h8-11H,2-7H2,1H3,(H2,15,16). The van der Waals surface area contributed by atoms with Gasteiger partial charge in [-0.15, -0.1) is 0 Å². The highest BCUT2D eigenvalue weighted by Crippen LogP contribution is 2.14. The van der Waals surface area contributed by atoms with Crippen molar-refractivity contribution in [1.82, 2.24) is 0 Å². The second-order valence-electron chi connectivity index (χ2n) is 4.23. The molecule has 0 radical (unpaired) electrons. The Labute approximate surface area is 103 Å². The van der Waals surface area contributed by atoms with Crippen molar-refractivity contribution in [3.8, 4) is 5.75 Å². The first-order chi connectivity index (χ1) is 8.22. The Morgan fingerprint density at radius 3 is 2.35 bits per heavy atom. The first-order valence-corrected chi connectivity index (χ1v) is 6.28. The molecule has 2 N–H and O–H groups in total. The van der Waals surface area contributed by atoms with Crippen molar-refractivity contribution >= 4 is 6.09 Å². The molecule has 1 aromatic rings. The third-order valence-electron chi connectivity index (χ3n) is 2.71. The summed E-state index contributed by atoms with van der Waals surface area (Å²) in [6, 6.07) is 7.54. The number of aryl methyl sites for hydroxylation is 1. The fourth-order valence-corrected chi connectivity index (χ4v) is 1.77. The number of unbranched alkanes of at least 4 members (excludes halogenated alkanes) is 4. The zero-order valence-corrected chi connectivity index (χ0v) is 10.4. The predicted octanol–water partition coefficient (Wildman–Crippen LogP) is 3.66. The van der Waals surface area contributed by atoms with E-state index in [1.165, 1.54) is 37.7 Å². The molecule has 0 aromatic heterocycles. The summed E-state index contributed by atoms with van der Waals surface area (Å²) < 4.78 is 4.77. The molecule has 17 heavy (non-hydrogen) atoms. The summed E-state index contributed by atoms with van der Waals surface area (Å²) in [5, 5.41) is 0. The number of benzene rings is 1. The van der Waals surface area contributed by atoms with Crippen LogP contribution in [0.2, 0.25) is 0 Å². The fourth-order valence-electron chi connectivity index (χ4n) is 1.77. The van der Waals surface area contributed by atoms with E-state index in [4.69, 9.17) is 10.5 Å². The molecule has 94 valence electrons. The lowest BCUT2D eigenvalue weighted by Gasteiger charge is -2.04. The molecule has 0 heterocycles. The third-order valence-corrected chi connectivity index (χ3v) is 2.71. The second-order valence-corrected chi connectivity index (χ2v) is 4.23. The van der Waals surface area contributed by atoms with E-state index in [2.05, 4.69) is 6.92 Å². The van der Waals surface area contributed by atoms with Crippen molar-refractivity contribution in [2.75, 3.05) is 0 Å². The summed E-state index contributed by atoms with van der Waals surface area (Å²) in [7, 11) is 0. The van der Waals surface area contributed by atoms with Gasteiger partial charge in [0.2, 0.25) is 0 Å². The van der Waals surface area contributed by atoms with Crippen LogP contribution in [0, 0.1) is 0 Å². The zero-order chi connectivity index (χ0) is 12.5. The molecule has 1 amide bonds. The minimum Gasteiger partial charge on any atom is -0.411 e. The van der Waals surface area contributed by atoms with Gasteiger partial charge in [-0.1, -0.05) is 44.7 Å². The molecule has 1 aromatic carbocycles. The summed E-state index contributed by atoms with van der Waals surface area (Å²) in [5.74, 6) is 0.507. The normalized spacial score (nSPS) is 10.2. The van der Waals surface area contributed by atoms with Crippen molar-refractivity contribution in [1.29, 1.82) is 0 Å². The van der Waals surface area contributed by atoms with Crippen LogP contribution in [0.5, 0.6) is 5.75 Å². The largest absolute Gasteiger partial charge is 0.411 e. The summed E-state index contributed by atoms with van der Waals surface area (Å²) >= 11 is 0. The number of hydrogen-bond acceptors (Lipinski definition) is 2. The SMILES string of the molecule is CCCCCCCc1ccc(OC(N)=O)cc1. The summed E-state index contributed by atoms with van der Waals surface area (Å²) in [4.78, 5) is 10.5. The maximum atomic E-state index is 10.5. The number of rotatable bonds is 7. The Morgan fingerprint density at radius 1 is 1.12 bits per heavy atom. The van der Waals surface area contributed by atoms with Gasteiger partial charge < -0.3 is 10.5 Å². The van der Waals surface area contributed by atoms with Gasteiger partial charge in [0.05, 0.1) is 0 Å². The van der Waals surface area contributed by atoms with Gasteiger partial charge in [0.15, 0.2) is 0 Å². The molecule has 3 nitrogen and oxygen atoms in total. The molecule has 0 aliphatic rings. The average molecular weight is 235 g/mol. The van der Waals surface area contributed by atoms with E-state index in [-0.39, 0.29) is 0 Å². The minimum atomic E-state index is -0.766. The lowest BCUT2D eigenvalue weighted by Crippen LogP contribution is -2.16. The van der Waals surface area contributed by atoms with Gasteiger partial charge in [-0.2, -0.15) is 0 Å². The van der Waals surface area contributed by atoms with E-state index in [1.807, 2.05) is 12.1 Å². The van der Waals surface area contributed by atoms with Crippen LogP contribution in [0.1, 0.15) is 44.6 Å². The maximum absolute atomic E-state index is 10.5. The van der Waals surface area contributed by atoms with Crippen LogP contribution in [0.15, 0.2) is 24.3 Å². The topological polar surface area (TPSA) is 52.3 Å². The third kappa shape index (κ3) is 5.95. The number of carbonyl (C=O) groups excluding carboxylic acids is 1. The van der Waals surface area contributed by atoms with Gasteiger partial charge in [0.25, 0.3) is 0 Å². The Kier molecular flexibility index (Phi) is 6.15. The van der Waals surface area contributed by atoms with E-state index < -0.39 is 6.09 Å². The number of primary amides is 1. The molecule has 0 fully saturated rings. The van der Waals surface area contributed by atoms with Crippen LogP contribution in [0.25, 0.3) is 0 Å². The van der Waals surface area contributed by atoms with Gasteiger partial charge in [0.1, 0.15) is 5.75 Å². The predicted molar refractivity (Wildman–Crippen MR) is 69.1 cm³/mol. The molecular formula is C14H21NO2. The van der Waals surface area contributed by atoms with Gasteiger partial charge in [-0.25, -0.2) is 4.79 Å². The first-order valence-electron chi connectivity index (χ1n) is 6.28. The van der Waals surface area contributed by atoms with E-state index in [0.29, 0.717) is 5.75 Å². The van der Waals surface area contributed by atoms with E-state index in [0.717, 1.165) is 6.42 Å². The maximum Gasteiger partial charge on any atom is 0.409 e.